The molecule has 158 valence electrons. The van der Waals surface area contributed by atoms with Crippen LogP contribution in [0.3, 0.4) is 0 Å². The molecule has 0 heterocycles. The first-order valence-electron chi connectivity index (χ1n) is 9.21. The zero-order valence-electron chi connectivity index (χ0n) is 17.4. The fourth-order valence-electron chi connectivity index (χ4n) is 2.91. The van der Waals surface area contributed by atoms with Crippen LogP contribution in [-0.2, 0) is 14.3 Å². The van der Waals surface area contributed by atoms with Crippen molar-refractivity contribution in [2.24, 2.45) is 0 Å². The predicted octanol–water partition coefficient (Wildman–Crippen LogP) is 3.21. The number of halogens is 2. The topological polar surface area (TPSA) is 49.9 Å². The van der Waals surface area contributed by atoms with E-state index < -0.39 is 28.8 Å². The van der Waals surface area contributed by atoms with Crippen LogP contribution in [0, 0.1) is 23.5 Å². The van der Waals surface area contributed by atoms with Gasteiger partial charge in [-0.1, -0.05) is 30.0 Å². The first-order chi connectivity index (χ1) is 14.2. The summed E-state index contributed by atoms with van der Waals surface area (Å²) in [5.74, 6) is 3.18. The van der Waals surface area contributed by atoms with E-state index in [9.17, 15) is 18.4 Å². The molecule has 0 aliphatic heterocycles. The number of hydrogen-bond donors (Lipinski definition) is 0. The largest absolute Gasteiger partial charge is 0.382 e. The number of methoxy groups -OCH3 is 1. The summed E-state index contributed by atoms with van der Waals surface area (Å²) in [5.41, 5.74) is -0.566. The van der Waals surface area contributed by atoms with Crippen molar-refractivity contribution in [1.82, 2.24) is 4.90 Å². The Kier molecular flexibility index (Phi) is 7.67. The van der Waals surface area contributed by atoms with E-state index in [4.69, 9.17) is 4.74 Å². The molecule has 0 fully saturated rings. The summed E-state index contributed by atoms with van der Waals surface area (Å²) in [7, 11) is 4.24. The molecule has 0 aliphatic carbocycles. The Morgan fingerprint density at radius 1 is 1.10 bits per heavy atom. The van der Waals surface area contributed by atoms with Gasteiger partial charge >= 0.3 is 0 Å². The van der Waals surface area contributed by atoms with Gasteiger partial charge in [0.05, 0.1) is 18.6 Å². The number of ether oxygens (including phenoxy) is 1. The van der Waals surface area contributed by atoms with Crippen molar-refractivity contribution in [3.8, 4) is 11.8 Å². The summed E-state index contributed by atoms with van der Waals surface area (Å²) >= 11 is 0. The molecule has 1 unspecified atom stereocenters. The van der Waals surface area contributed by atoms with Crippen molar-refractivity contribution in [1.29, 1.82) is 0 Å². The normalized spacial score (nSPS) is 12.3. The number of likely N-dealkylation sites (N-methyl/N-ethyl adjacent to an activating group) is 1. The van der Waals surface area contributed by atoms with Crippen LogP contribution in [-0.4, -0.2) is 50.6 Å². The van der Waals surface area contributed by atoms with Crippen molar-refractivity contribution in [2.75, 3.05) is 32.7 Å². The highest BCUT2D eigenvalue weighted by Crippen LogP contribution is 2.27. The fraction of sp³-hybridized carbons (Fsp3) is 0.304. The number of nitrogens with zero attached hydrogens (tertiary/aromatic N) is 2. The van der Waals surface area contributed by atoms with Gasteiger partial charge in [0.25, 0.3) is 0 Å². The summed E-state index contributed by atoms with van der Waals surface area (Å²) < 4.78 is 34.4. The van der Waals surface area contributed by atoms with Gasteiger partial charge in [0.15, 0.2) is 11.6 Å². The SMILES string of the molecule is COCC(C)(CC(=O)N(C)c1c(F)cc(C#Cc2ccccc2)cc1F)N(C)C=O. The second kappa shape index (κ2) is 9.99. The summed E-state index contributed by atoms with van der Waals surface area (Å²) in [6.07, 6.45) is 0.398. The lowest BCUT2D eigenvalue weighted by Gasteiger charge is -2.36. The van der Waals surface area contributed by atoms with Crippen LogP contribution in [0.15, 0.2) is 42.5 Å². The van der Waals surface area contributed by atoms with E-state index >= 15 is 0 Å². The summed E-state index contributed by atoms with van der Waals surface area (Å²) in [6, 6.07) is 11.2. The standard InChI is InChI=1S/C23H24F2N2O3/c1-23(15-30-4,26(2)16-28)14-21(29)27(3)22-19(24)12-18(13-20(22)25)11-10-17-8-6-5-7-9-17/h5-9,12-13,16H,14-15H2,1-4H3. The van der Waals surface area contributed by atoms with Crippen molar-refractivity contribution in [3.05, 3.63) is 65.2 Å². The highest BCUT2D eigenvalue weighted by Gasteiger charge is 2.34. The van der Waals surface area contributed by atoms with E-state index in [2.05, 4.69) is 11.8 Å². The third-order valence-corrected chi connectivity index (χ3v) is 4.85. The number of benzene rings is 2. The predicted molar refractivity (Wildman–Crippen MR) is 111 cm³/mol. The van der Waals surface area contributed by atoms with Gasteiger partial charge in [-0.3, -0.25) is 9.59 Å². The molecule has 5 nitrogen and oxygen atoms in total. The molecule has 7 heteroatoms. The highest BCUT2D eigenvalue weighted by molar-refractivity contribution is 5.94. The van der Waals surface area contributed by atoms with Gasteiger partial charge in [-0.15, -0.1) is 0 Å². The first kappa shape index (κ1) is 23.0. The molecule has 2 aromatic carbocycles. The highest BCUT2D eigenvalue weighted by atomic mass is 19.1. The smallest absolute Gasteiger partial charge is 0.229 e. The number of anilines is 1. The van der Waals surface area contributed by atoms with Crippen molar-refractivity contribution >= 4 is 18.0 Å². The number of rotatable bonds is 7. The third kappa shape index (κ3) is 5.43. The summed E-state index contributed by atoms with van der Waals surface area (Å²) in [6.45, 7) is 1.74. The average Bonchev–Trinajstić information content (AvgIpc) is 2.71. The minimum Gasteiger partial charge on any atom is -0.382 e. The Bertz CT molecular complexity index is 946. The van der Waals surface area contributed by atoms with E-state index in [0.717, 1.165) is 17.0 Å². The molecule has 0 aliphatic rings. The minimum absolute atomic E-state index is 0.0841. The molecule has 2 aromatic rings. The molecular weight excluding hydrogens is 390 g/mol. The third-order valence-electron chi connectivity index (χ3n) is 4.85. The van der Waals surface area contributed by atoms with Crippen molar-refractivity contribution in [3.63, 3.8) is 0 Å². The van der Waals surface area contributed by atoms with Gasteiger partial charge in [0, 0.05) is 32.3 Å². The van der Waals surface area contributed by atoms with Crippen LogP contribution in [0.25, 0.3) is 0 Å². The van der Waals surface area contributed by atoms with Gasteiger partial charge in [-0.25, -0.2) is 8.78 Å². The van der Waals surface area contributed by atoms with Crippen molar-refractivity contribution in [2.45, 2.75) is 18.9 Å². The second-order valence-corrected chi connectivity index (χ2v) is 7.18. The maximum atomic E-state index is 14.7. The molecule has 30 heavy (non-hydrogen) atoms. The van der Waals surface area contributed by atoms with Gasteiger partial charge in [-0.2, -0.15) is 0 Å². The van der Waals surface area contributed by atoms with Crippen LogP contribution in [0.2, 0.25) is 0 Å². The Balaban J connectivity index is 2.27. The maximum absolute atomic E-state index is 14.7. The monoisotopic (exact) mass is 414 g/mol. The Hall–Kier alpha value is -3.24. The van der Waals surface area contributed by atoms with Crippen LogP contribution in [0.5, 0.6) is 0 Å². The summed E-state index contributed by atoms with van der Waals surface area (Å²) in [5, 5.41) is 0. The van der Waals surface area contributed by atoms with Crippen molar-refractivity contribution < 1.29 is 23.1 Å². The molecule has 0 aromatic heterocycles. The lowest BCUT2D eigenvalue weighted by Crippen LogP contribution is -2.50. The van der Waals surface area contributed by atoms with E-state index in [1.54, 1.807) is 19.1 Å². The second-order valence-electron chi connectivity index (χ2n) is 7.18. The number of carbonyl (C=O) groups excluding carboxylic acids is 2. The molecule has 0 N–H and O–H groups in total. The molecule has 0 saturated heterocycles. The van der Waals surface area contributed by atoms with Crippen LogP contribution >= 0.6 is 0 Å². The van der Waals surface area contributed by atoms with Gasteiger partial charge in [0.2, 0.25) is 12.3 Å². The zero-order chi connectivity index (χ0) is 22.3. The Morgan fingerprint density at radius 2 is 1.67 bits per heavy atom. The molecule has 0 saturated carbocycles. The molecule has 0 spiro atoms. The first-order valence-corrected chi connectivity index (χ1v) is 9.21. The van der Waals surface area contributed by atoms with E-state index in [0.29, 0.717) is 12.0 Å². The number of carbonyl (C=O) groups is 2. The van der Waals surface area contributed by atoms with Crippen LogP contribution in [0.1, 0.15) is 24.5 Å². The van der Waals surface area contributed by atoms with E-state index in [1.165, 1.54) is 26.1 Å². The molecule has 0 radical (unpaired) electrons. The molecule has 0 bridgehead atoms. The summed E-state index contributed by atoms with van der Waals surface area (Å²) in [4.78, 5) is 26.1. The number of hydrogen-bond acceptors (Lipinski definition) is 3. The lowest BCUT2D eigenvalue weighted by molar-refractivity contribution is -0.128. The van der Waals surface area contributed by atoms with Crippen LogP contribution in [0.4, 0.5) is 14.5 Å². The lowest BCUT2D eigenvalue weighted by atomic mass is 9.96. The van der Waals surface area contributed by atoms with Gasteiger partial charge < -0.3 is 14.5 Å². The molecular formula is C23H24F2N2O3. The number of amides is 2. The van der Waals surface area contributed by atoms with Crippen LogP contribution < -0.4 is 4.90 Å². The van der Waals surface area contributed by atoms with Gasteiger partial charge in [-0.05, 0) is 31.2 Å². The minimum atomic E-state index is -0.962. The van der Waals surface area contributed by atoms with Gasteiger partial charge in [0.1, 0.15) is 5.69 Å². The fourth-order valence-corrected chi connectivity index (χ4v) is 2.91. The van der Waals surface area contributed by atoms with E-state index in [-0.39, 0.29) is 18.6 Å². The average molecular weight is 414 g/mol. The molecule has 2 rings (SSSR count). The van der Waals surface area contributed by atoms with E-state index in [1.807, 2.05) is 18.2 Å². The Morgan fingerprint density at radius 3 is 2.20 bits per heavy atom. The quantitative estimate of drug-likeness (QED) is 0.516. The zero-order valence-corrected chi connectivity index (χ0v) is 17.4. The molecule has 1 atom stereocenters. The molecule has 2 amide bonds. The Labute approximate surface area is 175 Å². The maximum Gasteiger partial charge on any atom is 0.229 e.